The van der Waals surface area contributed by atoms with E-state index in [1.807, 2.05) is 30.3 Å². The molecule has 6 nitrogen and oxygen atoms in total. The number of benzene rings is 2. The Labute approximate surface area is 213 Å². The molecule has 0 spiro atoms. The summed E-state index contributed by atoms with van der Waals surface area (Å²) in [5.74, 6) is -0.541. The van der Waals surface area contributed by atoms with E-state index < -0.39 is 5.91 Å². The minimum absolute atomic E-state index is 0. The van der Waals surface area contributed by atoms with Gasteiger partial charge in [0.1, 0.15) is 5.78 Å². The summed E-state index contributed by atoms with van der Waals surface area (Å²) in [6.45, 7) is 0.832. The number of nitrogens with one attached hydrogen (secondary N) is 2. The van der Waals surface area contributed by atoms with Crippen LogP contribution in [0.25, 0.3) is 5.73 Å². The van der Waals surface area contributed by atoms with Crippen LogP contribution in [-0.4, -0.2) is 24.1 Å². The van der Waals surface area contributed by atoms with Crippen LogP contribution >= 0.6 is 23.2 Å². The summed E-state index contributed by atoms with van der Waals surface area (Å²) < 4.78 is 0. The minimum Gasteiger partial charge on any atom is -0.668 e. The Morgan fingerprint density at radius 3 is 2.16 bits per heavy atom. The van der Waals surface area contributed by atoms with Crippen molar-refractivity contribution in [3.63, 3.8) is 0 Å². The van der Waals surface area contributed by atoms with Crippen LogP contribution in [0.1, 0.15) is 43.2 Å². The van der Waals surface area contributed by atoms with Crippen LogP contribution in [0.5, 0.6) is 0 Å². The molecule has 0 fully saturated rings. The monoisotopic (exact) mass is 570 g/mol. The maximum Gasteiger partial charge on any atom is 0.220 e. The smallest absolute Gasteiger partial charge is 0.220 e. The first-order chi connectivity index (χ1) is 14.8. The van der Waals surface area contributed by atoms with E-state index >= 15 is 0 Å². The van der Waals surface area contributed by atoms with Crippen molar-refractivity contribution in [1.29, 1.82) is 0 Å². The molecule has 0 saturated heterocycles. The SMILES string of the molecule is NCCC(=O)CCc1ccccc1.[NH-]C(=O)CCCC(=O)NCc1ccc(Cl)c(Cl)c1.[Pd]. The van der Waals surface area contributed by atoms with Gasteiger partial charge < -0.3 is 21.6 Å². The van der Waals surface area contributed by atoms with E-state index in [1.54, 1.807) is 18.2 Å². The van der Waals surface area contributed by atoms with Gasteiger partial charge in [0.2, 0.25) is 5.91 Å². The van der Waals surface area contributed by atoms with E-state index in [-0.39, 0.29) is 45.0 Å². The number of carbonyl (C=O) groups excluding carboxylic acids is 3. The van der Waals surface area contributed by atoms with Crippen LogP contribution in [0.15, 0.2) is 48.5 Å². The maximum absolute atomic E-state index is 11.4. The molecule has 0 saturated carbocycles. The average Bonchev–Trinajstić information content (AvgIpc) is 2.74. The summed E-state index contributed by atoms with van der Waals surface area (Å²) in [6.07, 6.45) is 2.70. The number of Topliss-reactive ketones (excluding diaryl/α,β-unsaturated/α-hetero) is 1. The quantitative estimate of drug-likeness (QED) is 0.374. The first kappa shape index (κ1) is 30.3. The number of aryl methyl sites for hydroxylation is 1. The molecule has 0 atom stereocenters. The van der Waals surface area contributed by atoms with Crippen LogP contribution in [0, 0.1) is 0 Å². The molecule has 32 heavy (non-hydrogen) atoms. The Bertz CT molecular complexity index is 852. The molecule has 2 amide bonds. The summed E-state index contributed by atoms with van der Waals surface area (Å²) in [7, 11) is 0. The van der Waals surface area contributed by atoms with Gasteiger partial charge in [-0.2, -0.15) is 0 Å². The average molecular weight is 572 g/mol. The second-order valence-electron chi connectivity index (χ2n) is 6.86. The predicted octanol–water partition coefficient (Wildman–Crippen LogP) is 4.89. The number of carbonyl (C=O) groups is 3. The zero-order valence-electron chi connectivity index (χ0n) is 17.6. The van der Waals surface area contributed by atoms with Crippen LogP contribution < -0.4 is 11.1 Å². The molecule has 2 aromatic carbocycles. The Morgan fingerprint density at radius 2 is 1.56 bits per heavy atom. The van der Waals surface area contributed by atoms with Crippen molar-refractivity contribution in [3.05, 3.63) is 75.4 Å². The van der Waals surface area contributed by atoms with Gasteiger partial charge in [-0.25, -0.2) is 0 Å². The van der Waals surface area contributed by atoms with Gasteiger partial charge in [-0.1, -0.05) is 59.6 Å². The molecule has 0 aliphatic carbocycles. The van der Waals surface area contributed by atoms with E-state index in [0.717, 1.165) is 12.0 Å². The fourth-order valence-corrected chi connectivity index (χ4v) is 2.88. The molecule has 0 unspecified atom stereocenters. The van der Waals surface area contributed by atoms with E-state index in [1.165, 1.54) is 5.56 Å². The van der Waals surface area contributed by atoms with Crippen molar-refractivity contribution >= 4 is 40.8 Å². The van der Waals surface area contributed by atoms with Gasteiger partial charge in [-0.15, -0.1) is 0 Å². The summed E-state index contributed by atoms with van der Waals surface area (Å²) in [5.41, 5.74) is 14.1. The third-order valence-corrected chi connectivity index (χ3v) is 4.98. The van der Waals surface area contributed by atoms with Crippen LogP contribution in [0.3, 0.4) is 0 Å². The van der Waals surface area contributed by atoms with Gasteiger partial charge in [-0.3, -0.25) is 9.59 Å². The van der Waals surface area contributed by atoms with Crippen molar-refractivity contribution < 1.29 is 34.8 Å². The Hall–Kier alpha value is -1.75. The van der Waals surface area contributed by atoms with Crippen LogP contribution in [0.2, 0.25) is 10.0 Å². The largest absolute Gasteiger partial charge is 0.668 e. The predicted molar refractivity (Wildman–Crippen MR) is 125 cm³/mol. The third kappa shape index (κ3) is 14.3. The fraction of sp³-hybridized carbons (Fsp3) is 0.348. The first-order valence-electron chi connectivity index (χ1n) is 10.0. The Morgan fingerprint density at radius 1 is 0.875 bits per heavy atom. The molecule has 0 heterocycles. The van der Waals surface area contributed by atoms with Crippen molar-refractivity contribution in [1.82, 2.24) is 5.32 Å². The molecule has 9 heteroatoms. The molecule has 2 rings (SSSR count). The van der Waals surface area contributed by atoms with Crippen LogP contribution in [-0.2, 0) is 47.8 Å². The van der Waals surface area contributed by atoms with Gasteiger partial charge in [0.05, 0.1) is 10.0 Å². The van der Waals surface area contributed by atoms with Gasteiger partial charge in [0, 0.05) is 52.1 Å². The Balaban J connectivity index is 0.000000611. The van der Waals surface area contributed by atoms with E-state index in [2.05, 4.69) is 5.32 Å². The molecule has 0 aliphatic rings. The summed E-state index contributed by atoms with van der Waals surface area (Å²) >= 11 is 11.6. The molecular weight excluding hydrogens is 544 g/mol. The molecule has 0 bridgehead atoms. The number of nitrogens with two attached hydrogens (primary N) is 1. The number of halogens is 2. The molecule has 4 N–H and O–H groups in total. The second-order valence-corrected chi connectivity index (χ2v) is 7.68. The topological polar surface area (TPSA) is 113 Å². The molecule has 0 aromatic heterocycles. The molecule has 0 radical (unpaired) electrons. The zero-order valence-corrected chi connectivity index (χ0v) is 20.7. The number of rotatable bonds is 11. The standard InChI is InChI=1S/C12H14Cl2N2O2.C11H15NO.Pd/c13-9-5-4-8(6-10(9)14)7-16-12(18)3-1-2-11(15)17;12-9-8-11(13)7-6-10-4-2-1-3-5-10;/h4-6H,1-3,7H2,(H3,15,16,17,18);1-5H,6-9,12H2;/p-1. The summed E-state index contributed by atoms with van der Waals surface area (Å²) in [4.78, 5) is 32.9. The maximum atomic E-state index is 11.4. The number of hydrogen-bond acceptors (Lipinski definition) is 4. The molecule has 178 valence electrons. The van der Waals surface area contributed by atoms with Crippen molar-refractivity contribution in [3.8, 4) is 0 Å². The second kappa shape index (κ2) is 17.8. The third-order valence-electron chi connectivity index (χ3n) is 4.24. The molecule has 0 aliphatic heterocycles. The van der Waals surface area contributed by atoms with Gasteiger partial charge >= 0.3 is 0 Å². The van der Waals surface area contributed by atoms with E-state index in [0.29, 0.717) is 42.4 Å². The van der Waals surface area contributed by atoms with E-state index in [4.69, 9.17) is 34.7 Å². The van der Waals surface area contributed by atoms with Crippen LogP contribution in [0.4, 0.5) is 0 Å². The van der Waals surface area contributed by atoms with Crippen molar-refractivity contribution in [2.24, 2.45) is 5.73 Å². The fourth-order valence-electron chi connectivity index (χ4n) is 2.56. The number of ketones is 1. The van der Waals surface area contributed by atoms with Gasteiger partial charge in [0.15, 0.2) is 0 Å². The van der Waals surface area contributed by atoms with Gasteiger partial charge in [0.25, 0.3) is 0 Å². The first-order valence-corrected chi connectivity index (χ1v) is 10.8. The van der Waals surface area contributed by atoms with Crippen molar-refractivity contribution in [2.75, 3.05) is 6.54 Å². The van der Waals surface area contributed by atoms with Gasteiger partial charge in [-0.05, 0) is 49.1 Å². The van der Waals surface area contributed by atoms with E-state index in [9.17, 15) is 14.4 Å². The molecule has 2 aromatic rings. The molecular formula is C23H28Cl2N3O3Pd-. The van der Waals surface area contributed by atoms with Crippen molar-refractivity contribution in [2.45, 2.75) is 45.1 Å². The summed E-state index contributed by atoms with van der Waals surface area (Å²) in [5, 5.41) is 3.63. The minimum atomic E-state index is -0.646. The zero-order chi connectivity index (χ0) is 23.1. The normalized spacial score (nSPS) is 9.72. The summed E-state index contributed by atoms with van der Waals surface area (Å²) in [6, 6.07) is 15.2. The Kier molecular flexibility index (Phi) is 16.8. The number of hydrogen-bond donors (Lipinski definition) is 2. The number of amides is 2.